The zero-order valence-corrected chi connectivity index (χ0v) is 12.5. The summed E-state index contributed by atoms with van der Waals surface area (Å²) in [6.07, 6.45) is 2.51. The third-order valence-electron chi connectivity index (χ3n) is 3.33. The Morgan fingerprint density at radius 1 is 1.20 bits per heavy atom. The molecule has 0 spiro atoms. The van der Waals surface area contributed by atoms with Gasteiger partial charge in [-0.15, -0.1) is 0 Å². The summed E-state index contributed by atoms with van der Waals surface area (Å²) in [5.74, 6) is 1.79. The molecule has 4 nitrogen and oxygen atoms in total. The van der Waals surface area contributed by atoms with Gasteiger partial charge in [-0.3, -0.25) is 0 Å². The second kappa shape index (κ2) is 6.37. The number of nitrogens with zero attached hydrogens (tertiary/aromatic N) is 2. The van der Waals surface area contributed by atoms with Gasteiger partial charge < -0.3 is 10.1 Å². The molecule has 0 saturated heterocycles. The third-order valence-corrected chi connectivity index (χ3v) is 3.33. The normalized spacial score (nSPS) is 10.4. The first-order chi connectivity index (χ1) is 9.71. The van der Waals surface area contributed by atoms with Crippen LogP contribution >= 0.6 is 0 Å². The maximum absolute atomic E-state index is 5.26. The Morgan fingerprint density at radius 3 is 2.60 bits per heavy atom. The predicted molar refractivity (Wildman–Crippen MR) is 82.3 cm³/mol. The zero-order valence-electron chi connectivity index (χ0n) is 12.5. The molecule has 1 N–H and O–H groups in total. The van der Waals surface area contributed by atoms with Crippen LogP contribution in [0.5, 0.6) is 5.75 Å². The van der Waals surface area contributed by atoms with Crippen LogP contribution < -0.4 is 10.1 Å². The van der Waals surface area contributed by atoms with E-state index in [1.807, 2.05) is 12.1 Å². The highest BCUT2D eigenvalue weighted by Gasteiger charge is 2.13. The largest absolute Gasteiger partial charge is 0.497 e. The van der Waals surface area contributed by atoms with Gasteiger partial charge in [-0.2, -0.15) is 0 Å². The summed E-state index contributed by atoms with van der Waals surface area (Å²) in [6, 6.07) is 6.06. The number of anilines is 1. The van der Waals surface area contributed by atoms with E-state index in [0.29, 0.717) is 0 Å². The highest BCUT2D eigenvalue weighted by Crippen LogP contribution is 2.30. The molecule has 20 heavy (non-hydrogen) atoms. The number of benzene rings is 1. The maximum Gasteiger partial charge on any atom is 0.133 e. The van der Waals surface area contributed by atoms with Gasteiger partial charge >= 0.3 is 0 Å². The fraction of sp³-hybridized carbons (Fsp3) is 0.375. The van der Waals surface area contributed by atoms with Crippen molar-refractivity contribution in [3.63, 3.8) is 0 Å². The van der Waals surface area contributed by atoms with Crippen molar-refractivity contribution in [3.8, 4) is 17.0 Å². The Hall–Kier alpha value is -2.10. The number of rotatable bonds is 5. The Kier molecular flexibility index (Phi) is 4.56. The molecule has 0 amide bonds. The van der Waals surface area contributed by atoms with E-state index in [0.717, 1.165) is 46.9 Å². The van der Waals surface area contributed by atoms with Crippen molar-refractivity contribution in [2.75, 3.05) is 19.0 Å². The molecule has 0 saturated carbocycles. The van der Waals surface area contributed by atoms with E-state index >= 15 is 0 Å². The molecule has 0 aliphatic heterocycles. The average molecular weight is 271 g/mol. The quantitative estimate of drug-likeness (QED) is 0.904. The van der Waals surface area contributed by atoms with Gasteiger partial charge in [-0.05, 0) is 44.0 Å². The molecule has 0 radical (unpaired) electrons. The third kappa shape index (κ3) is 2.74. The first-order valence-electron chi connectivity index (χ1n) is 6.94. The van der Waals surface area contributed by atoms with Crippen LogP contribution in [-0.4, -0.2) is 23.6 Å². The minimum atomic E-state index is 0.852. The number of aromatic nitrogens is 2. The summed E-state index contributed by atoms with van der Waals surface area (Å²) < 4.78 is 5.26. The lowest BCUT2D eigenvalue weighted by molar-refractivity contribution is 0.414. The van der Waals surface area contributed by atoms with Crippen LogP contribution in [0.4, 0.5) is 5.82 Å². The Bertz CT molecular complexity index is 596. The molecule has 2 aromatic rings. The SMILES string of the molecule is CCNc1ncnc(-c2ccc(OC)cc2C)c1CC. The van der Waals surface area contributed by atoms with Crippen molar-refractivity contribution >= 4 is 5.82 Å². The molecule has 1 heterocycles. The highest BCUT2D eigenvalue weighted by atomic mass is 16.5. The fourth-order valence-electron chi connectivity index (χ4n) is 2.33. The number of nitrogens with one attached hydrogen (secondary N) is 1. The molecule has 1 aromatic carbocycles. The molecule has 0 aliphatic carbocycles. The standard InChI is InChI=1S/C16H21N3O/c1-5-13-15(18-10-19-16(13)17-6-2)14-8-7-12(20-4)9-11(14)3/h7-10H,5-6H2,1-4H3,(H,17,18,19). The summed E-state index contributed by atoms with van der Waals surface area (Å²) in [5.41, 5.74) is 4.44. The van der Waals surface area contributed by atoms with Crippen LogP contribution in [0.3, 0.4) is 0 Å². The number of hydrogen-bond acceptors (Lipinski definition) is 4. The van der Waals surface area contributed by atoms with Gasteiger partial charge in [0.05, 0.1) is 12.8 Å². The molecule has 0 atom stereocenters. The topological polar surface area (TPSA) is 47.0 Å². The highest BCUT2D eigenvalue weighted by molar-refractivity contribution is 5.71. The van der Waals surface area contributed by atoms with Crippen LogP contribution in [0.15, 0.2) is 24.5 Å². The lowest BCUT2D eigenvalue weighted by Gasteiger charge is -2.14. The molecule has 1 aromatic heterocycles. The van der Waals surface area contributed by atoms with Gasteiger partial charge in [0.15, 0.2) is 0 Å². The Balaban J connectivity index is 2.54. The van der Waals surface area contributed by atoms with Gasteiger partial charge in [0, 0.05) is 17.7 Å². The summed E-state index contributed by atoms with van der Waals surface area (Å²) in [7, 11) is 1.68. The van der Waals surface area contributed by atoms with Crippen molar-refractivity contribution in [1.82, 2.24) is 9.97 Å². The minimum Gasteiger partial charge on any atom is -0.497 e. The molecule has 0 fully saturated rings. The van der Waals surface area contributed by atoms with Crippen molar-refractivity contribution in [2.24, 2.45) is 0 Å². The number of methoxy groups -OCH3 is 1. The summed E-state index contributed by atoms with van der Waals surface area (Å²) in [5, 5.41) is 3.30. The van der Waals surface area contributed by atoms with E-state index in [2.05, 4.69) is 42.1 Å². The molecule has 0 bridgehead atoms. The minimum absolute atomic E-state index is 0.852. The van der Waals surface area contributed by atoms with Crippen LogP contribution in [0.2, 0.25) is 0 Å². The average Bonchev–Trinajstić information content (AvgIpc) is 2.47. The molecular weight excluding hydrogens is 250 g/mol. The van der Waals surface area contributed by atoms with Gasteiger partial charge in [-0.1, -0.05) is 6.92 Å². The van der Waals surface area contributed by atoms with Crippen LogP contribution in [0.1, 0.15) is 25.0 Å². The van der Waals surface area contributed by atoms with Crippen LogP contribution in [0.25, 0.3) is 11.3 Å². The fourth-order valence-corrected chi connectivity index (χ4v) is 2.33. The molecular formula is C16H21N3O. The number of aryl methyl sites for hydroxylation is 1. The lowest BCUT2D eigenvalue weighted by atomic mass is 10.00. The Morgan fingerprint density at radius 2 is 2.00 bits per heavy atom. The second-order valence-corrected chi connectivity index (χ2v) is 4.61. The van der Waals surface area contributed by atoms with Crippen molar-refractivity contribution in [3.05, 3.63) is 35.7 Å². The predicted octanol–water partition coefficient (Wildman–Crippen LogP) is 3.45. The molecule has 2 rings (SSSR count). The Labute approximate surface area is 120 Å². The summed E-state index contributed by atoms with van der Waals surface area (Å²) >= 11 is 0. The van der Waals surface area contributed by atoms with Crippen molar-refractivity contribution < 1.29 is 4.74 Å². The monoisotopic (exact) mass is 271 g/mol. The van der Waals surface area contributed by atoms with Crippen LogP contribution in [-0.2, 0) is 6.42 Å². The van der Waals surface area contributed by atoms with E-state index in [-0.39, 0.29) is 0 Å². The van der Waals surface area contributed by atoms with Crippen molar-refractivity contribution in [1.29, 1.82) is 0 Å². The van der Waals surface area contributed by atoms with Gasteiger partial charge in [0.2, 0.25) is 0 Å². The smallest absolute Gasteiger partial charge is 0.133 e. The summed E-state index contributed by atoms with van der Waals surface area (Å²) in [4.78, 5) is 8.83. The van der Waals surface area contributed by atoms with E-state index in [1.54, 1.807) is 13.4 Å². The van der Waals surface area contributed by atoms with E-state index in [9.17, 15) is 0 Å². The van der Waals surface area contributed by atoms with Gasteiger partial charge in [0.25, 0.3) is 0 Å². The van der Waals surface area contributed by atoms with E-state index < -0.39 is 0 Å². The van der Waals surface area contributed by atoms with Crippen LogP contribution in [0, 0.1) is 6.92 Å². The van der Waals surface area contributed by atoms with Crippen molar-refractivity contribution in [2.45, 2.75) is 27.2 Å². The molecule has 4 heteroatoms. The number of hydrogen-bond donors (Lipinski definition) is 1. The zero-order chi connectivity index (χ0) is 14.5. The first-order valence-corrected chi connectivity index (χ1v) is 6.94. The summed E-state index contributed by atoms with van der Waals surface area (Å²) in [6.45, 7) is 7.12. The van der Waals surface area contributed by atoms with Gasteiger partial charge in [-0.25, -0.2) is 9.97 Å². The molecule has 0 aliphatic rings. The maximum atomic E-state index is 5.26. The first kappa shape index (κ1) is 14.3. The van der Waals surface area contributed by atoms with Gasteiger partial charge in [0.1, 0.15) is 17.9 Å². The molecule has 0 unspecified atom stereocenters. The number of ether oxygens (including phenoxy) is 1. The molecule has 106 valence electrons. The lowest BCUT2D eigenvalue weighted by Crippen LogP contribution is -2.06. The second-order valence-electron chi connectivity index (χ2n) is 4.61. The van der Waals surface area contributed by atoms with E-state index in [4.69, 9.17) is 4.74 Å². The van der Waals surface area contributed by atoms with E-state index in [1.165, 1.54) is 0 Å².